The van der Waals surface area contributed by atoms with E-state index in [0.717, 1.165) is 29.6 Å². The Balaban J connectivity index is 2.09. The fourth-order valence-corrected chi connectivity index (χ4v) is 2.70. The minimum atomic E-state index is -0.603. The maximum absolute atomic E-state index is 10.1. The number of benzene rings is 1. The molecule has 1 aromatic carbocycles. The van der Waals surface area contributed by atoms with Gasteiger partial charge in [-0.2, -0.15) is 0 Å². The number of halogens is 1. The van der Waals surface area contributed by atoms with Crippen LogP contribution in [0.25, 0.3) is 10.9 Å². The number of fused-ring (bicyclic) bond motifs is 1. The number of nitrogens with zero attached hydrogens (tertiary/aromatic N) is 2. The van der Waals surface area contributed by atoms with Gasteiger partial charge in [0.05, 0.1) is 11.1 Å². The summed E-state index contributed by atoms with van der Waals surface area (Å²) in [4.78, 5) is 6.54. The van der Waals surface area contributed by atoms with Crippen LogP contribution in [0.15, 0.2) is 30.5 Å². The van der Waals surface area contributed by atoms with Crippen molar-refractivity contribution in [1.82, 2.24) is 4.98 Å². The van der Waals surface area contributed by atoms with Gasteiger partial charge in [-0.25, -0.2) is 0 Å². The van der Waals surface area contributed by atoms with E-state index < -0.39 is 5.60 Å². The quantitative estimate of drug-likeness (QED) is 0.859. The molecule has 1 aliphatic rings. The minimum absolute atomic E-state index is 0.603. The predicted molar refractivity (Wildman–Crippen MR) is 74.2 cm³/mol. The lowest BCUT2D eigenvalue weighted by Gasteiger charge is -2.22. The highest BCUT2D eigenvalue weighted by Gasteiger charge is 2.32. The molecular weight excluding hydrogens is 248 g/mol. The van der Waals surface area contributed by atoms with Crippen molar-refractivity contribution in [3.05, 3.63) is 35.5 Å². The Kier molecular flexibility index (Phi) is 2.68. The molecule has 18 heavy (non-hydrogen) atoms. The van der Waals surface area contributed by atoms with Gasteiger partial charge in [0.1, 0.15) is 0 Å². The molecule has 1 atom stereocenters. The molecule has 0 spiro atoms. The topological polar surface area (TPSA) is 36.4 Å². The van der Waals surface area contributed by atoms with Crippen LogP contribution in [0, 0.1) is 0 Å². The average Bonchev–Trinajstić information content (AvgIpc) is 2.69. The van der Waals surface area contributed by atoms with Crippen molar-refractivity contribution in [2.24, 2.45) is 0 Å². The van der Waals surface area contributed by atoms with Gasteiger partial charge in [-0.15, -0.1) is 0 Å². The van der Waals surface area contributed by atoms with Gasteiger partial charge in [0.2, 0.25) is 0 Å². The lowest BCUT2D eigenvalue weighted by Crippen LogP contribution is -2.29. The lowest BCUT2D eigenvalue weighted by molar-refractivity contribution is 0.0839. The Labute approximate surface area is 111 Å². The van der Waals surface area contributed by atoms with E-state index in [1.165, 1.54) is 0 Å². The highest BCUT2D eigenvalue weighted by atomic mass is 35.5. The zero-order chi connectivity index (χ0) is 12.8. The highest BCUT2D eigenvalue weighted by molar-refractivity contribution is 6.31. The zero-order valence-corrected chi connectivity index (χ0v) is 11.0. The van der Waals surface area contributed by atoms with Crippen molar-refractivity contribution in [1.29, 1.82) is 0 Å². The van der Waals surface area contributed by atoms with Crippen LogP contribution >= 0.6 is 11.6 Å². The molecule has 3 nitrogen and oxygen atoms in total. The first-order chi connectivity index (χ1) is 8.55. The summed E-state index contributed by atoms with van der Waals surface area (Å²) in [5.41, 5.74) is 1.43. The Morgan fingerprint density at radius 3 is 2.94 bits per heavy atom. The Morgan fingerprint density at radius 1 is 1.39 bits per heavy atom. The number of β-amino-alcohol motifs (C(OH)–C–C–N with tert-alkyl or cyclic N) is 1. The van der Waals surface area contributed by atoms with Crippen LogP contribution in [0.4, 0.5) is 5.69 Å². The van der Waals surface area contributed by atoms with Gasteiger partial charge < -0.3 is 10.0 Å². The first-order valence-corrected chi connectivity index (χ1v) is 6.45. The third-order valence-corrected chi connectivity index (χ3v) is 3.71. The van der Waals surface area contributed by atoms with Crippen molar-refractivity contribution >= 4 is 28.2 Å². The summed E-state index contributed by atoms with van der Waals surface area (Å²) in [6.45, 7) is 3.39. The summed E-state index contributed by atoms with van der Waals surface area (Å²) in [7, 11) is 0. The van der Waals surface area contributed by atoms with Crippen molar-refractivity contribution < 1.29 is 5.11 Å². The van der Waals surface area contributed by atoms with Gasteiger partial charge in [-0.3, -0.25) is 4.98 Å². The number of anilines is 1. The molecule has 2 aromatic rings. The third-order valence-electron chi connectivity index (χ3n) is 3.47. The molecule has 0 saturated carbocycles. The second-order valence-electron chi connectivity index (χ2n) is 5.16. The van der Waals surface area contributed by atoms with Gasteiger partial charge in [-0.1, -0.05) is 11.6 Å². The Morgan fingerprint density at radius 2 is 2.22 bits per heavy atom. The maximum atomic E-state index is 10.1. The number of hydrogen-bond acceptors (Lipinski definition) is 3. The van der Waals surface area contributed by atoms with Crippen LogP contribution in [0.2, 0.25) is 5.02 Å². The molecule has 1 saturated heterocycles. The second kappa shape index (κ2) is 4.11. The van der Waals surface area contributed by atoms with Gasteiger partial charge in [-0.05, 0) is 37.6 Å². The molecule has 0 amide bonds. The van der Waals surface area contributed by atoms with E-state index in [4.69, 9.17) is 11.6 Å². The van der Waals surface area contributed by atoms with Gasteiger partial charge in [0.25, 0.3) is 0 Å². The summed E-state index contributed by atoms with van der Waals surface area (Å²) in [6, 6.07) is 7.70. The van der Waals surface area contributed by atoms with Crippen molar-refractivity contribution in [2.45, 2.75) is 18.9 Å². The normalized spacial score (nSPS) is 23.8. The number of hydrogen-bond donors (Lipinski definition) is 1. The summed E-state index contributed by atoms with van der Waals surface area (Å²) in [5, 5.41) is 11.8. The van der Waals surface area contributed by atoms with Crippen LogP contribution < -0.4 is 4.90 Å². The van der Waals surface area contributed by atoms with E-state index in [1.54, 1.807) is 6.20 Å². The highest BCUT2D eigenvalue weighted by Crippen LogP contribution is 2.32. The minimum Gasteiger partial charge on any atom is -0.388 e. The van der Waals surface area contributed by atoms with E-state index >= 15 is 0 Å². The van der Waals surface area contributed by atoms with Gasteiger partial charge >= 0.3 is 0 Å². The summed E-state index contributed by atoms with van der Waals surface area (Å²) < 4.78 is 0. The fraction of sp³-hybridized carbons (Fsp3) is 0.357. The third kappa shape index (κ3) is 2.04. The predicted octanol–water partition coefficient (Wildman–Crippen LogP) is 2.85. The largest absolute Gasteiger partial charge is 0.388 e. The van der Waals surface area contributed by atoms with E-state index in [2.05, 4.69) is 9.88 Å². The Bertz CT molecular complexity index is 597. The number of pyridine rings is 1. The zero-order valence-electron chi connectivity index (χ0n) is 10.2. The van der Waals surface area contributed by atoms with Crippen LogP contribution in [-0.2, 0) is 0 Å². The van der Waals surface area contributed by atoms with Gasteiger partial charge in [0.15, 0.2) is 0 Å². The molecule has 3 rings (SSSR count). The van der Waals surface area contributed by atoms with Crippen LogP contribution in [0.1, 0.15) is 13.3 Å². The van der Waals surface area contributed by atoms with Crippen molar-refractivity contribution in [2.75, 3.05) is 18.0 Å². The van der Waals surface area contributed by atoms with Gasteiger partial charge in [0, 0.05) is 35.4 Å². The fourth-order valence-electron chi connectivity index (χ4n) is 2.53. The van der Waals surface area contributed by atoms with E-state index in [-0.39, 0.29) is 0 Å². The molecular formula is C14H15ClN2O. The Hall–Kier alpha value is -1.32. The standard InChI is InChI=1S/C14H15ClN2O/c1-14(18)5-7-17(9-14)13-4-6-16-12-3-2-10(15)8-11(12)13/h2-4,6,8,18H,5,7,9H2,1H3. The first kappa shape index (κ1) is 11.8. The number of aromatic nitrogens is 1. The van der Waals surface area contributed by atoms with Crippen molar-refractivity contribution in [3.8, 4) is 0 Å². The molecule has 0 radical (unpaired) electrons. The molecule has 0 bridgehead atoms. The lowest BCUT2D eigenvalue weighted by atomic mass is 10.1. The summed E-state index contributed by atoms with van der Waals surface area (Å²) in [6.07, 6.45) is 2.59. The molecule has 0 aliphatic carbocycles. The molecule has 1 aliphatic heterocycles. The van der Waals surface area contributed by atoms with Crippen molar-refractivity contribution in [3.63, 3.8) is 0 Å². The summed E-state index contributed by atoms with van der Waals surface area (Å²) in [5.74, 6) is 0. The van der Waals surface area contributed by atoms with E-state index in [9.17, 15) is 5.11 Å². The first-order valence-electron chi connectivity index (χ1n) is 6.07. The van der Waals surface area contributed by atoms with Crippen LogP contribution in [0.3, 0.4) is 0 Å². The number of rotatable bonds is 1. The SMILES string of the molecule is CC1(O)CCN(c2ccnc3ccc(Cl)cc23)C1. The maximum Gasteiger partial charge on any atom is 0.0810 e. The molecule has 1 N–H and O–H groups in total. The smallest absolute Gasteiger partial charge is 0.0810 e. The van der Waals surface area contributed by atoms with Crippen LogP contribution in [-0.4, -0.2) is 28.8 Å². The molecule has 1 fully saturated rings. The molecule has 94 valence electrons. The molecule has 2 heterocycles. The second-order valence-corrected chi connectivity index (χ2v) is 5.60. The van der Waals surface area contributed by atoms with Crippen LogP contribution in [0.5, 0.6) is 0 Å². The van der Waals surface area contributed by atoms with E-state index in [0.29, 0.717) is 11.6 Å². The molecule has 1 unspecified atom stereocenters. The number of aliphatic hydroxyl groups is 1. The van der Waals surface area contributed by atoms with E-state index in [1.807, 2.05) is 31.2 Å². The molecule has 1 aromatic heterocycles. The monoisotopic (exact) mass is 262 g/mol. The molecule has 4 heteroatoms. The summed E-state index contributed by atoms with van der Waals surface area (Å²) >= 11 is 6.06. The average molecular weight is 263 g/mol.